The molecule has 7 heteroatoms. The lowest BCUT2D eigenvalue weighted by atomic mass is 10.1. The summed E-state index contributed by atoms with van der Waals surface area (Å²) in [7, 11) is 1.80. The number of amides is 2. The monoisotopic (exact) mass is 331 g/mol. The third kappa shape index (κ3) is 4.79. The maximum Gasteiger partial charge on any atom is 0.317 e. The van der Waals surface area contributed by atoms with Gasteiger partial charge < -0.3 is 15.0 Å². The van der Waals surface area contributed by atoms with Gasteiger partial charge in [-0.1, -0.05) is 12.1 Å². The van der Waals surface area contributed by atoms with Gasteiger partial charge in [0.25, 0.3) is 0 Å². The van der Waals surface area contributed by atoms with Gasteiger partial charge in [-0.25, -0.2) is 14.5 Å². The first kappa shape index (κ1) is 17.9. The smallest absolute Gasteiger partial charge is 0.317 e. The van der Waals surface area contributed by atoms with Crippen molar-refractivity contribution in [1.29, 1.82) is 0 Å². The number of carbonyl (C=O) groups is 1. The average molecular weight is 331 g/mol. The third-order valence-electron chi connectivity index (χ3n) is 3.91. The molecule has 2 aromatic rings. The Balaban J connectivity index is 1.87. The van der Waals surface area contributed by atoms with Crippen LogP contribution in [0.2, 0.25) is 0 Å². The lowest BCUT2D eigenvalue weighted by Gasteiger charge is -2.25. The summed E-state index contributed by atoms with van der Waals surface area (Å²) in [6.07, 6.45) is 3.97. The Morgan fingerprint density at radius 1 is 1.38 bits per heavy atom. The van der Waals surface area contributed by atoms with Crippen LogP contribution in [0, 0.1) is 0 Å². The lowest BCUT2D eigenvalue weighted by Crippen LogP contribution is -2.39. The number of hydrogen-bond acceptors (Lipinski definition) is 4. The number of urea groups is 1. The van der Waals surface area contributed by atoms with E-state index in [0.717, 1.165) is 17.7 Å². The minimum atomic E-state index is -0.0839. The van der Waals surface area contributed by atoms with Gasteiger partial charge in [-0.05, 0) is 38.0 Å². The van der Waals surface area contributed by atoms with Crippen molar-refractivity contribution < 1.29 is 9.53 Å². The molecule has 2 rings (SSSR count). The van der Waals surface area contributed by atoms with Gasteiger partial charge in [0.05, 0.1) is 11.7 Å². The number of hydrogen-bond donors (Lipinski definition) is 1. The molecule has 1 aromatic heterocycles. The van der Waals surface area contributed by atoms with Gasteiger partial charge in [0.2, 0.25) is 0 Å². The van der Waals surface area contributed by atoms with Crippen LogP contribution in [0.15, 0.2) is 36.9 Å². The van der Waals surface area contributed by atoms with Gasteiger partial charge in [-0.2, -0.15) is 5.10 Å². The molecule has 0 aliphatic heterocycles. The highest BCUT2D eigenvalue weighted by Crippen LogP contribution is 2.20. The predicted molar refractivity (Wildman–Crippen MR) is 92.0 cm³/mol. The molecule has 130 valence electrons. The predicted octanol–water partition coefficient (Wildman–Crippen LogP) is 2.40. The summed E-state index contributed by atoms with van der Waals surface area (Å²) in [4.78, 5) is 17.8. The molecule has 0 saturated heterocycles. The van der Waals surface area contributed by atoms with E-state index in [9.17, 15) is 4.79 Å². The Kier molecular flexibility index (Phi) is 6.74. The third-order valence-corrected chi connectivity index (χ3v) is 3.91. The first-order valence-electron chi connectivity index (χ1n) is 8.16. The van der Waals surface area contributed by atoms with Crippen molar-refractivity contribution in [3.05, 3.63) is 42.5 Å². The molecule has 0 saturated carbocycles. The summed E-state index contributed by atoms with van der Waals surface area (Å²) in [6, 6.07) is 7.82. The largest absolute Gasteiger partial charge is 0.382 e. The van der Waals surface area contributed by atoms with Crippen LogP contribution in [0.25, 0.3) is 5.69 Å². The van der Waals surface area contributed by atoms with Crippen molar-refractivity contribution in [1.82, 2.24) is 25.0 Å². The average Bonchev–Trinajstić information content (AvgIpc) is 3.15. The minimum absolute atomic E-state index is 0.0262. The van der Waals surface area contributed by atoms with E-state index < -0.39 is 0 Å². The van der Waals surface area contributed by atoms with E-state index >= 15 is 0 Å². The van der Waals surface area contributed by atoms with Crippen LogP contribution in [-0.4, -0.2) is 52.5 Å². The number of aromatic nitrogens is 3. The van der Waals surface area contributed by atoms with Crippen LogP contribution in [0.4, 0.5) is 4.79 Å². The highest BCUT2D eigenvalue weighted by molar-refractivity contribution is 5.74. The zero-order chi connectivity index (χ0) is 17.4. The fourth-order valence-electron chi connectivity index (χ4n) is 2.29. The SMILES string of the molecule is CCOCCCNC(=O)N(C)[C@H](C)c1ccc(-n2cncn2)cc1. The second-order valence-electron chi connectivity index (χ2n) is 5.50. The summed E-state index contributed by atoms with van der Waals surface area (Å²) < 4.78 is 6.96. The van der Waals surface area contributed by atoms with Crippen molar-refractivity contribution >= 4 is 6.03 Å². The molecule has 1 N–H and O–H groups in total. The van der Waals surface area contributed by atoms with E-state index in [1.54, 1.807) is 23.0 Å². The molecule has 1 aromatic carbocycles. The van der Waals surface area contributed by atoms with Crippen molar-refractivity contribution in [3.8, 4) is 5.69 Å². The number of benzene rings is 1. The molecular weight excluding hydrogens is 306 g/mol. The second kappa shape index (κ2) is 9.02. The number of nitrogens with zero attached hydrogens (tertiary/aromatic N) is 4. The maximum atomic E-state index is 12.2. The van der Waals surface area contributed by atoms with E-state index in [2.05, 4.69) is 15.4 Å². The van der Waals surface area contributed by atoms with Crippen LogP contribution in [0.5, 0.6) is 0 Å². The highest BCUT2D eigenvalue weighted by atomic mass is 16.5. The molecule has 1 heterocycles. The summed E-state index contributed by atoms with van der Waals surface area (Å²) in [5.74, 6) is 0. The minimum Gasteiger partial charge on any atom is -0.382 e. The Bertz CT molecular complexity index is 612. The molecular formula is C17H25N5O2. The van der Waals surface area contributed by atoms with Gasteiger partial charge >= 0.3 is 6.03 Å². The van der Waals surface area contributed by atoms with Gasteiger partial charge in [0.15, 0.2) is 0 Å². The molecule has 24 heavy (non-hydrogen) atoms. The van der Waals surface area contributed by atoms with Crippen LogP contribution in [-0.2, 0) is 4.74 Å². The number of rotatable bonds is 8. The summed E-state index contributed by atoms with van der Waals surface area (Å²) in [5.41, 5.74) is 2.00. The first-order chi connectivity index (χ1) is 11.6. The fourth-order valence-corrected chi connectivity index (χ4v) is 2.29. The first-order valence-corrected chi connectivity index (χ1v) is 8.16. The Labute approximate surface area is 142 Å². The van der Waals surface area contributed by atoms with E-state index in [0.29, 0.717) is 19.8 Å². The van der Waals surface area contributed by atoms with Crippen molar-refractivity contribution in [3.63, 3.8) is 0 Å². The van der Waals surface area contributed by atoms with Crippen molar-refractivity contribution in [2.75, 3.05) is 26.8 Å². The van der Waals surface area contributed by atoms with E-state index in [-0.39, 0.29) is 12.1 Å². The second-order valence-corrected chi connectivity index (χ2v) is 5.50. The highest BCUT2D eigenvalue weighted by Gasteiger charge is 2.17. The van der Waals surface area contributed by atoms with Crippen LogP contribution in [0.3, 0.4) is 0 Å². The van der Waals surface area contributed by atoms with Gasteiger partial charge in [0.1, 0.15) is 12.7 Å². The zero-order valence-electron chi connectivity index (χ0n) is 14.5. The number of ether oxygens (including phenoxy) is 1. The zero-order valence-corrected chi connectivity index (χ0v) is 14.5. The molecule has 2 amide bonds. The van der Waals surface area contributed by atoms with E-state index in [1.807, 2.05) is 38.1 Å². The summed E-state index contributed by atoms with van der Waals surface area (Å²) in [5, 5.41) is 7.01. The van der Waals surface area contributed by atoms with Crippen LogP contribution in [0.1, 0.15) is 31.9 Å². The Hall–Kier alpha value is -2.41. The topological polar surface area (TPSA) is 72.3 Å². The molecule has 0 fully saturated rings. The van der Waals surface area contributed by atoms with E-state index in [4.69, 9.17) is 4.74 Å². The van der Waals surface area contributed by atoms with E-state index in [1.165, 1.54) is 6.33 Å². The quantitative estimate of drug-likeness (QED) is 0.754. The number of carbonyl (C=O) groups excluding carboxylic acids is 1. The molecule has 0 unspecified atom stereocenters. The van der Waals surface area contributed by atoms with Crippen LogP contribution < -0.4 is 5.32 Å². The molecule has 0 bridgehead atoms. The van der Waals surface area contributed by atoms with Gasteiger partial charge in [0, 0.05) is 26.8 Å². The fraction of sp³-hybridized carbons (Fsp3) is 0.471. The summed E-state index contributed by atoms with van der Waals surface area (Å²) >= 11 is 0. The standard InChI is InChI=1S/C17H25N5O2/c1-4-24-11-5-10-19-17(23)21(3)14(2)15-6-8-16(9-7-15)22-13-18-12-20-22/h6-9,12-14H,4-5,10-11H2,1-3H3,(H,19,23)/t14-/m1/s1. The van der Waals surface area contributed by atoms with Gasteiger partial charge in [-0.3, -0.25) is 0 Å². The van der Waals surface area contributed by atoms with Gasteiger partial charge in [-0.15, -0.1) is 0 Å². The summed E-state index contributed by atoms with van der Waals surface area (Å²) in [6.45, 7) is 5.95. The molecule has 0 radical (unpaired) electrons. The molecule has 0 aliphatic carbocycles. The number of nitrogens with one attached hydrogen (secondary N) is 1. The van der Waals surface area contributed by atoms with Crippen molar-refractivity contribution in [2.24, 2.45) is 0 Å². The normalized spacial score (nSPS) is 12.0. The molecule has 1 atom stereocenters. The Morgan fingerprint density at radius 2 is 2.12 bits per heavy atom. The van der Waals surface area contributed by atoms with Crippen molar-refractivity contribution in [2.45, 2.75) is 26.3 Å². The molecule has 0 spiro atoms. The van der Waals surface area contributed by atoms with Crippen LogP contribution >= 0.6 is 0 Å². The molecule has 0 aliphatic rings. The Morgan fingerprint density at radius 3 is 2.75 bits per heavy atom. The maximum absolute atomic E-state index is 12.2. The molecule has 7 nitrogen and oxygen atoms in total. The lowest BCUT2D eigenvalue weighted by molar-refractivity contribution is 0.143.